The molecule has 1 rings (SSSR count). The first kappa shape index (κ1) is 17.5. The fourth-order valence-electron chi connectivity index (χ4n) is 2.68. The second-order valence-electron chi connectivity index (χ2n) is 5.69. The van der Waals surface area contributed by atoms with Crippen LogP contribution in [0.3, 0.4) is 0 Å². The van der Waals surface area contributed by atoms with Crippen LogP contribution < -0.4 is 5.32 Å². The molecule has 0 saturated carbocycles. The van der Waals surface area contributed by atoms with E-state index in [4.69, 9.17) is 0 Å². The number of hydrogen-bond acceptors (Lipinski definition) is 3. The number of aliphatic carboxylic acids is 1. The molecular formula is C15H26N2O4. The van der Waals surface area contributed by atoms with Crippen molar-refractivity contribution in [2.45, 2.75) is 52.4 Å². The summed E-state index contributed by atoms with van der Waals surface area (Å²) in [6, 6.07) is 0. The van der Waals surface area contributed by atoms with E-state index in [1.54, 1.807) is 18.7 Å². The molecule has 1 aliphatic heterocycles. The Balaban J connectivity index is 2.45. The first-order valence-electron chi connectivity index (χ1n) is 7.73. The summed E-state index contributed by atoms with van der Waals surface area (Å²) < 4.78 is 0. The topological polar surface area (TPSA) is 86.7 Å². The minimum atomic E-state index is -1.03. The minimum absolute atomic E-state index is 0.0397. The molecule has 0 aromatic heterocycles. The van der Waals surface area contributed by atoms with Gasteiger partial charge in [-0.3, -0.25) is 14.4 Å². The van der Waals surface area contributed by atoms with Gasteiger partial charge in [0.15, 0.2) is 0 Å². The third kappa shape index (κ3) is 4.72. The molecular weight excluding hydrogens is 272 g/mol. The van der Waals surface area contributed by atoms with E-state index in [1.165, 1.54) is 0 Å². The number of likely N-dealkylation sites (tertiary alicyclic amines) is 1. The molecule has 0 bridgehead atoms. The number of carbonyl (C=O) groups excluding carboxylic acids is 2. The van der Waals surface area contributed by atoms with E-state index in [2.05, 4.69) is 5.32 Å². The lowest BCUT2D eigenvalue weighted by molar-refractivity contribution is -0.152. The van der Waals surface area contributed by atoms with Crippen LogP contribution in [0.2, 0.25) is 0 Å². The molecule has 6 heteroatoms. The summed E-state index contributed by atoms with van der Waals surface area (Å²) in [4.78, 5) is 37.0. The monoisotopic (exact) mass is 298 g/mol. The van der Waals surface area contributed by atoms with Crippen LogP contribution in [-0.2, 0) is 14.4 Å². The van der Waals surface area contributed by atoms with E-state index in [-0.39, 0.29) is 24.8 Å². The zero-order valence-electron chi connectivity index (χ0n) is 13.0. The van der Waals surface area contributed by atoms with Crippen LogP contribution in [0.5, 0.6) is 0 Å². The molecule has 1 saturated heterocycles. The van der Waals surface area contributed by atoms with Gasteiger partial charge in [-0.15, -0.1) is 0 Å². The van der Waals surface area contributed by atoms with Crippen LogP contribution in [0.15, 0.2) is 0 Å². The van der Waals surface area contributed by atoms with Gasteiger partial charge in [0.05, 0.1) is 12.0 Å². The first-order chi connectivity index (χ1) is 9.95. The van der Waals surface area contributed by atoms with Crippen molar-refractivity contribution in [3.05, 3.63) is 0 Å². The van der Waals surface area contributed by atoms with Gasteiger partial charge in [-0.25, -0.2) is 0 Å². The predicted molar refractivity (Wildman–Crippen MR) is 78.7 cm³/mol. The molecule has 120 valence electrons. The third-order valence-corrected chi connectivity index (χ3v) is 4.45. The molecule has 0 aliphatic carbocycles. The molecule has 21 heavy (non-hydrogen) atoms. The zero-order valence-corrected chi connectivity index (χ0v) is 13.0. The Morgan fingerprint density at radius 2 is 1.67 bits per heavy atom. The van der Waals surface area contributed by atoms with Crippen LogP contribution >= 0.6 is 0 Å². The van der Waals surface area contributed by atoms with E-state index >= 15 is 0 Å². The Kier molecular flexibility index (Phi) is 6.65. The van der Waals surface area contributed by atoms with Crippen LogP contribution in [0.1, 0.15) is 52.4 Å². The Bertz CT molecular complexity index is 385. The highest BCUT2D eigenvalue weighted by Gasteiger charge is 2.37. The lowest BCUT2D eigenvalue weighted by Gasteiger charge is -2.28. The highest BCUT2D eigenvalue weighted by atomic mass is 16.4. The van der Waals surface area contributed by atoms with Gasteiger partial charge in [-0.1, -0.05) is 13.8 Å². The molecule has 2 amide bonds. The van der Waals surface area contributed by atoms with Gasteiger partial charge < -0.3 is 15.3 Å². The predicted octanol–water partition coefficient (Wildman–Crippen LogP) is 1.40. The molecule has 0 aromatic rings. The Hall–Kier alpha value is -1.59. The van der Waals surface area contributed by atoms with Gasteiger partial charge in [0.1, 0.15) is 0 Å². The standard InChI is InChI=1S/C15H26N2O4/c1-3-15(4-2,14(20)21)10-12(18)16-11-13(19)17-8-6-5-7-9-17/h3-11H2,1-2H3,(H,16,18)(H,20,21). The molecule has 1 fully saturated rings. The molecule has 0 radical (unpaired) electrons. The molecule has 1 heterocycles. The average Bonchev–Trinajstić information content (AvgIpc) is 2.50. The minimum Gasteiger partial charge on any atom is -0.481 e. The maximum absolute atomic E-state index is 11.9. The summed E-state index contributed by atoms with van der Waals surface area (Å²) in [5.41, 5.74) is -1.03. The number of hydrogen-bond donors (Lipinski definition) is 2. The fourth-order valence-corrected chi connectivity index (χ4v) is 2.68. The molecule has 0 unspecified atom stereocenters. The van der Waals surface area contributed by atoms with Crippen molar-refractivity contribution in [3.63, 3.8) is 0 Å². The van der Waals surface area contributed by atoms with Gasteiger partial charge in [0, 0.05) is 19.5 Å². The maximum Gasteiger partial charge on any atom is 0.310 e. The van der Waals surface area contributed by atoms with E-state index < -0.39 is 11.4 Å². The summed E-state index contributed by atoms with van der Waals surface area (Å²) in [6.07, 6.45) is 3.87. The van der Waals surface area contributed by atoms with E-state index in [0.29, 0.717) is 12.8 Å². The number of amides is 2. The second-order valence-corrected chi connectivity index (χ2v) is 5.69. The van der Waals surface area contributed by atoms with Gasteiger partial charge in [0.2, 0.25) is 11.8 Å². The summed E-state index contributed by atoms with van der Waals surface area (Å²) >= 11 is 0. The summed E-state index contributed by atoms with van der Waals surface area (Å²) in [5.74, 6) is -1.41. The fraction of sp³-hybridized carbons (Fsp3) is 0.800. The highest BCUT2D eigenvalue weighted by molar-refractivity contribution is 5.88. The van der Waals surface area contributed by atoms with E-state index in [1.807, 2.05) is 0 Å². The number of piperidine rings is 1. The third-order valence-electron chi connectivity index (χ3n) is 4.45. The largest absolute Gasteiger partial charge is 0.481 e. The average molecular weight is 298 g/mol. The summed E-state index contributed by atoms with van der Waals surface area (Å²) in [6.45, 7) is 4.99. The zero-order chi connectivity index (χ0) is 15.9. The number of carbonyl (C=O) groups is 3. The normalized spacial score (nSPS) is 15.6. The van der Waals surface area contributed by atoms with Crippen LogP contribution in [-0.4, -0.2) is 47.4 Å². The van der Waals surface area contributed by atoms with E-state index in [0.717, 1.165) is 32.4 Å². The van der Waals surface area contributed by atoms with Gasteiger partial charge in [0.25, 0.3) is 0 Å². The molecule has 6 nitrogen and oxygen atoms in total. The summed E-state index contributed by atoms with van der Waals surface area (Å²) in [7, 11) is 0. The molecule has 0 spiro atoms. The SMILES string of the molecule is CCC(CC)(CC(=O)NCC(=O)N1CCCCC1)C(=O)O. The van der Waals surface area contributed by atoms with Gasteiger partial charge in [-0.2, -0.15) is 0 Å². The van der Waals surface area contributed by atoms with Crippen molar-refractivity contribution in [2.24, 2.45) is 5.41 Å². The Morgan fingerprint density at radius 3 is 2.14 bits per heavy atom. The molecule has 1 aliphatic rings. The molecule has 2 N–H and O–H groups in total. The molecule has 0 atom stereocenters. The maximum atomic E-state index is 11.9. The van der Waals surface area contributed by atoms with E-state index in [9.17, 15) is 19.5 Å². The first-order valence-corrected chi connectivity index (χ1v) is 7.73. The second kappa shape index (κ2) is 8.00. The number of carboxylic acid groups (broad SMARTS) is 1. The Labute approximate surface area is 125 Å². The van der Waals surface area contributed by atoms with Crippen LogP contribution in [0, 0.1) is 5.41 Å². The van der Waals surface area contributed by atoms with Gasteiger partial charge >= 0.3 is 5.97 Å². The van der Waals surface area contributed by atoms with Crippen molar-refractivity contribution in [1.82, 2.24) is 10.2 Å². The number of nitrogens with one attached hydrogen (secondary N) is 1. The van der Waals surface area contributed by atoms with Crippen molar-refractivity contribution < 1.29 is 19.5 Å². The van der Waals surface area contributed by atoms with Crippen molar-refractivity contribution >= 4 is 17.8 Å². The van der Waals surface area contributed by atoms with Gasteiger partial charge in [-0.05, 0) is 32.1 Å². The van der Waals surface area contributed by atoms with Crippen molar-refractivity contribution in [3.8, 4) is 0 Å². The van der Waals surface area contributed by atoms with Crippen molar-refractivity contribution in [2.75, 3.05) is 19.6 Å². The highest BCUT2D eigenvalue weighted by Crippen LogP contribution is 2.30. The number of rotatable bonds is 7. The lowest BCUT2D eigenvalue weighted by atomic mass is 9.79. The lowest BCUT2D eigenvalue weighted by Crippen LogP contribution is -2.44. The number of carboxylic acids is 1. The van der Waals surface area contributed by atoms with Crippen LogP contribution in [0.4, 0.5) is 0 Å². The van der Waals surface area contributed by atoms with Crippen LogP contribution in [0.25, 0.3) is 0 Å². The smallest absolute Gasteiger partial charge is 0.310 e. The Morgan fingerprint density at radius 1 is 1.10 bits per heavy atom. The van der Waals surface area contributed by atoms with Crippen molar-refractivity contribution in [1.29, 1.82) is 0 Å². The summed E-state index contributed by atoms with van der Waals surface area (Å²) in [5, 5.41) is 11.9. The number of nitrogens with zero attached hydrogens (tertiary/aromatic N) is 1. The molecule has 0 aromatic carbocycles. The quantitative estimate of drug-likeness (QED) is 0.743.